The first-order chi connectivity index (χ1) is 35.2. The molecule has 1 aromatic carbocycles. The lowest BCUT2D eigenvalue weighted by atomic mass is 9.77. The summed E-state index contributed by atoms with van der Waals surface area (Å²) in [4.78, 5) is 62.6. The lowest BCUT2D eigenvalue weighted by Crippen LogP contribution is -2.48. The van der Waals surface area contributed by atoms with E-state index in [4.69, 9.17) is 28.9 Å². The van der Waals surface area contributed by atoms with E-state index in [0.717, 1.165) is 63.9 Å². The van der Waals surface area contributed by atoms with Gasteiger partial charge in [-0.1, -0.05) is 77.5 Å². The number of amides is 1. The summed E-state index contributed by atoms with van der Waals surface area (Å²) in [6, 6.07) is 7.62. The molecule has 1 saturated carbocycles. The van der Waals surface area contributed by atoms with Gasteiger partial charge < -0.3 is 34.1 Å². The molecule has 1 saturated heterocycles. The van der Waals surface area contributed by atoms with Gasteiger partial charge >= 0.3 is 18.0 Å². The highest BCUT2D eigenvalue weighted by Crippen LogP contribution is 2.43. The second-order valence-electron chi connectivity index (χ2n) is 22.9. The molecule has 4 heterocycles. The Hall–Kier alpha value is -4.92. The fraction of sp³-hybridized carbons (Fsp3) is 0.633. The number of methoxy groups -OCH3 is 2. The van der Waals surface area contributed by atoms with Gasteiger partial charge in [0.15, 0.2) is 5.78 Å². The molecule has 1 aliphatic heterocycles. The van der Waals surface area contributed by atoms with Crippen molar-refractivity contribution in [3.63, 3.8) is 0 Å². The van der Waals surface area contributed by atoms with E-state index in [2.05, 4.69) is 86.9 Å². The fourth-order valence-electron chi connectivity index (χ4n) is 11.2. The molecule has 2 N–H and O–H groups in total. The Morgan fingerprint density at radius 3 is 2.49 bits per heavy atom. The number of fused-ring (bicyclic) bond motifs is 1. The molecule has 1 amide bonds. The molecule has 1 aliphatic carbocycles. The Kier molecular flexibility index (Phi) is 21.1. The number of benzene rings is 1. The van der Waals surface area contributed by atoms with Crippen molar-refractivity contribution in [2.75, 3.05) is 27.4 Å². The Labute approximate surface area is 445 Å². The van der Waals surface area contributed by atoms with Crippen LogP contribution in [0.5, 0.6) is 0 Å². The molecule has 6 rings (SSSR count). The van der Waals surface area contributed by atoms with Crippen LogP contribution >= 0.6 is 11.3 Å². The lowest BCUT2D eigenvalue weighted by Gasteiger charge is -2.29. The zero-order chi connectivity index (χ0) is 53.7. The van der Waals surface area contributed by atoms with E-state index in [1.54, 1.807) is 27.9 Å². The Morgan fingerprint density at radius 2 is 1.78 bits per heavy atom. The number of rotatable bonds is 21. The van der Waals surface area contributed by atoms with E-state index in [1.807, 2.05) is 5.38 Å². The molecule has 13 nitrogen and oxygen atoms in total. The maximum Gasteiger partial charge on any atom is 0.408 e. The molecule has 0 spiro atoms. The third-order valence-corrected chi connectivity index (χ3v) is 16.0. The SMILES string of the molecule is C=C1CCCCC(Cc2cnc([C@H](C)OC)c(-c3c(CC(C)(C)COC(C)=O)c4cc(-c5csc(C[C@H](NC(=O)OC(C)(C)C)C(=O)C6CCC[C@@H](C(=O)OC)NCC6)n5)ccc4n3CC)c2)CC1CCCCC. The number of pyridine rings is 1. The summed E-state index contributed by atoms with van der Waals surface area (Å²) < 4.78 is 24.8. The molecule has 406 valence electrons. The number of allylic oxidation sites excluding steroid dienone is 1. The largest absolute Gasteiger partial charge is 0.468 e. The van der Waals surface area contributed by atoms with Gasteiger partial charge in [-0.15, -0.1) is 11.3 Å². The summed E-state index contributed by atoms with van der Waals surface area (Å²) in [6.07, 6.45) is 16.1. The Balaban J connectivity index is 1.39. The van der Waals surface area contributed by atoms with E-state index in [1.165, 1.54) is 81.5 Å². The highest BCUT2D eigenvalue weighted by molar-refractivity contribution is 7.10. The topological polar surface area (TPSA) is 160 Å². The molecule has 2 fully saturated rings. The zero-order valence-corrected chi connectivity index (χ0v) is 47.4. The predicted molar refractivity (Wildman–Crippen MR) is 296 cm³/mol. The number of aromatic nitrogens is 3. The van der Waals surface area contributed by atoms with Crippen LogP contribution in [0, 0.1) is 23.2 Å². The van der Waals surface area contributed by atoms with Crippen LogP contribution in [0.3, 0.4) is 0 Å². The quantitative estimate of drug-likeness (QED) is 0.0354. The van der Waals surface area contributed by atoms with E-state index in [-0.39, 0.29) is 42.8 Å². The van der Waals surface area contributed by atoms with Gasteiger partial charge in [-0.3, -0.25) is 19.4 Å². The number of thiazole rings is 1. The van der Waals surface area contributed by atoms with Gasteiger partial charge in [0.05, 0.1) is 48.0 Å². The number of carbonyl (C=O) groups excluding carboxylic acids is 4. The third-order valence-electron chi connectivity index (χ3n) is 15.1. The second-order valence-corrected chi connectivity index (χ2v) is 23.8. The highest BCUT2D eigenvalue weighted by atomic mass is 32.1. The number of hydrogen-bond donors (Lipinski definition) is 2. The molecular weight excluding hydrogens is 951 g/mol. The summed E-state index contributed by atoms with van der Waals surface area (Å²) in [5.74, 6) is 0.0650. The van der Waals surface area contributed by atoms with Gasteiger partial charge in [0.25, 0.3) is 0 Å². The van der Waals surface area contributed by atoms with Crippen LogP contribution in [0.4, 0.5) is 4.79 Å². The van der Waals surface area contributed by atoms with Gasteiger partial charge in [-0.05, 0) is 140 Å². The Bertz CT molecular complexity index is 2550. The summed E-state index contributed by atoms with van der Waals surface area (Å²) in [7, 11) is 3.12. The number of aryl methyl sites for hydroxylation is 1. The van der Waals surface area contributed by atoms with E-state index >= 15 is 0 Å². The van der Waals surface area contributed by atoms with Crippen LogP contribution in [0.15, 0.2) is 48.0 Å². The number of hydrogen-bond acceptors (Lipinski definition) is 12. The van der Waals surface area contributed by atoms with Crippen molar-refractivity contribution in [2.24, 2.45) is 23.2 Å². The number of carbonyl (C=O) groups is 4. The highest BCUT2D eigenvalue weighted by Gasteiger charge is 2.34. The molecule has 6 atom stereocenters. The van der Waals surface area contributed by atoms with Crippen LogP contribution in [0.2, 0.25) is 0 Å². The lowest BCUT2D eigenvalue weighted by molar-refractivity contribution is -0.144. The fourth-order valence-corrected chi connectivity index (χ4v) is 12.0. The average Bonchev–Trinajstić information content (AvgIpc) is 3.93. The van der Waals surface area contributed by atoms with Crippen molar-refractivity contribution in [1.82, 2.24) is 25.2 Å². The van der Waals surface area contributed by atoms with Crippen LogP contribution in [-0.4, -0.2) is 83.4 Å². The normalized spacial score (nSPS) is 19.9. The molecular formula is C60H87N5O8S. The zero-order valence-electron chi connectivity index (χ0n) is 46.6. The smallest absolute Gasteiger partial charge is 0.408 e. The third kappa shape index (κ3) is 15.8. The summed E-state index contributed by atoms with van der Waals surface area (Å²) in [6.45, 7) is 23.7. The number of Topliss-reactive ketones (excluding diaryl/α,β-unsaturated/α-hetero) is 1. The van der Waals surface area contributed by atoms with Gasteiger partial charge in [0.1, 0.15) is 11.6 Å². The van der Waals surface area contributed by atoms with E-state index in [0.29, 0.717) is 62.0 Å². The van der Waals surface area contributed by atoms with Crippen LogP contribution in [-0.2, 0) is 59.1 Å². The maximum atomic E-state index is 14.4. The first-order valence-corrected chi connectivity index (χ1v) is 28.4. The summed E-state index contributed by atoms with van der Waals surface area (Å²) in [5, 5.41) is 9.97. The summed E-state index contributed by atoms with van der Waals surface area (Å²) >= 11 is 1.46. The number of ketones is 1. The molecule has 14 heteroatoms. The average molecular weight is 1040 g/mol. The van der Waals surface area contributed by atoms with Crippen LogP contribution in [0.1, 0.15) is 174 Å². The second kappa shape index (κ2) is 26.7. The first-order valence-electron chi connectivity index (χ1n) is 27.5. The number of nitrogens with zero attached hydrogens (tertiary/aromatic N) is 3. The van der Waals surface area contributed by atoms with E-state index < -0.39 is 29.2 Å². The van der Waals surface area contributed by atoms with Gasteiger partial charge in [-0.2, -0.15) is 0 Å². The predicted octanol–water partition coefficient (Wildman–Crippen LogP) is 12.9. The van der Waals surface area contributed by atoms with Gasteiger partial charge in [0, 0.05) is 71.9 Å². The number of unbranched alkanes of at least 4 members (excludes halogenated alkanes) is 2. The van der Waals surface area contributed by atoms with Crippen molar-refractivity contribution < 1.29 is 38.1 Å². The van der Waals surface area contributed by atoms with Gasteiger partial charge in [0.2, 0.25) is 0 Å². The maximum absolute atomic E-state index is 14.4. The minimum atomic E-state index is -0.869. The van der Waals surface area contributed by atoms with Crippen molar-refractivity contribution in [3.8, 4) is 22.5 Å². The van der Waals surface area contributed by atoms with Crippen LogP contribution in [0.25, 0.3) is 33.4 Å². The van der Waals surface area contributed by atoms with Crippen molar-refractivity contribution in [3.05, 3.63) is 69.8 Å². The van der Waals surface area contributed by atoms with Crippen molar-refractivity contribution >= 4 is 46.1 Å². The van der Waals surface area contributed by atoms with Crippen molar-refractivity contribution in [2.45, 2.75) is 195 Å². The standard InChI is InChI=1S/C60H87N5O8S/c1-13-15-16-22-44-30-41(21-18-17-20-38(44)3)29-42-31-47(54(62-35-42)39(4)70-11)55-48(34-60(9,10)37-72-40(5)66)46-32-45(25-26-52(46)65(55)14-2)51-36-74-53(63-51)33-50(64-58(69)73-59(6,7)8)56(67)43-23-19-24-49(57(68)71-12)61-28-27-43/h25-26,31-32,35-36,39,41,43-44,49-50,61H,3,13-24,27-30,33-34,37H2,1-2,4-12H3,(H,64,69)/t39-,41?,43?,44?,49-,50-/m0/s1. The molecule has 3 aromatic heterocycles. The minimum absolute atomic E-state index is 0.0790. The molecule has 0 radical (unpaired) electrons. The molecule has 4 aromatic rings. The molecule has 0 bridgehead atoms. The summed E-state index contributed by atoms with van der Waals surface area (Å²) in [5.41, 5.74) is 8.39. The monoisotopic (exact) mass is 1040 g/mol. The number of ether oxygens (including phenoxy) is 4. The van der Waals surface area contributed by atoms with Crippen molar-refractivity contribution in [1.29, 1.82) is 0 Å². The van der Waals surface area contributed by atoms with E-state index in [9.17, 15) is 19.2 Å². The van der Waals surface area contributed by atoms with Crippen LogP contribution < -0.4 is 10.6 Å². The molecule has 3 unspecified atom stereocenters. The van der Waals surface area contributed by atoms with Gasteiger partial charge in [-0.25, -0.2) is 9.78 Å². The molecule has 2 aliphatic rings. The number of alkyl carbamates (subject to hydrolysis) is 1. The number of esters is 2. The number of nitrogens with one attached hydrogen (secondary N) is 2. The minimum Gasteiger partial charge on any atom is -0.468 e. The first kappa shape index (κ1) is 58.3. The Morgan fingerprint density at radius 1 is 1.00 bits per heavy atom. The molecule has 74 heavy (non-hydrogen) atoms.